The first kappa shape index (κ1) is 40.3. The standard InChI is InChI=1S/C43H46ClN7O7S/c1-48(33-15-22-57-23-16-33)39-13-11-36(26-40(39)51(53)54)59(55,56)47-43(52)38-12-10-34(25-41(38)58-35-24-30-14-17-45-42(30)46-27-35)50-20-18-49(19-21-50)28-31-4-2-3-5-37(31)29-6-8-32(44)9-7-29/h6-14,17,24-27,33H,2-5,15-16,18-23,28H2,1H3,(H,45,46)(H,47,52). The fourth-order valence-electron chi connectivity index (χ4n) is 8.28. The van der Waals surface area contributed by atoms with E-state index >= 15 is 0 Å². The van der Waals surface area contributed by atoms with Crippen LogP contribution in [0.15, 0.2) is 95.7 Å². The number of carbonyl (C=O) groups is 1. The fourth-order valence-corrected chi connectivity index (χ4v) is 9.39. The largest absolute Gasteiger partial charge is 0.455 e. The Hall–Kier alpha value is -5.48. The smallest absolute Gasteiger partial charge is 0.293 e. The van der Waals surface area contributed by atoms with Gasteiger partial charge in [0.2, 0.25) is 0 Å². The third-order valence-corrected chi connectivity index (χ3v) is 13.1. The van der Waals surface area contributed by atoms with Crippen molar-refractivity contribution in [2.24, 2.45) is 0 Å². The van der Waals surface area contributed by atoms with Gasteiger partial charge in [-0.1, -0.05) is 29.3 Å². The first-order chi connectivity index (χ1) is 28.5. The highest BCUT2D eigenvalue weighted by atomic mass is 35.5. The van der Waals surface area contributed by atoms with Crippen molar-refractivity contribution in [2.45, 2.75) is 49.5 Å². The minimum absolute atomic E-state index is 0.00352. The summed E-state index contributed by atoms with van der Waals surface area (Å²) in [5, 5.41) is 13.7. The minimum atomic E-state index is -4.55. The Balaban J connectivity index is 1.02. The molecule has 8 rings (SSSR count). The summed E-state index contributed by atoms with van der Waals surface area (Å²) in [6, 6.07) is 20.5. The number of hydrogen-bond donors (Lipinski definition) is 2. The molecule has 2 fully saturated rings. The summed E-state index contributed by atoms with van der Waals surface area (Å²) in [6.07, 6.45) is 9.16. The number of sulfonamides is 1. The van der Waals surface area contributed by atoms with Gasteiger partial charge in [0.05, 0.1) is 21.6 Å². The van der Waals surface area contributed by atoms with Crippen LogP contribution in [0.2, 0.25) is 5.02 Å². The van der Waals surface area contributed by atoms with Crippen LogP contribution in [0.5, 0.6) is 11.5 Å². The number of halogens is 1. The number of allylic oxidation sites excluding steroid dienone is 1. The van der Waals surface area contributed by atoms with E-state index in [1.165, 1.54) is 47.9 Å². The predicted molar refractivity (Wildman–Crippen MR) is 228 cm³/mol. The van der Waals surface area contributed by atoms with Crippen molar-refractivity contribution in [1.82, 2.24) is 19.6 Å². The molecule has 2 aromatic heterocycles. The van der Waals surface area contributed by atoms with Crippen LogP contribution in [-0.4, -0.2) is 93.1 Å². The molecule has 1 amide bonds. The van der Waals surface area contributed by atoms with Crippen molar-refractivity contribution in [1.29, 1.82) is 0 Å². The number of H-pyrrole nitrogens is 1. The Morgan fingerprint density at radius 3 is 2.54 bits per heavy atom. The molecule has 5 aromatic rings. The summed E-state index contributed by atoms with van der Waals surface area (Å²) in [5.41, 5.74) is 5.49. The maximum Gasteiger partial charge on any atom is 0.293 e. The first-order valence-electron chi connectivity index (χ1n) is 19.9. The van der Waals surface area contributed by atoms with Gasteiger partial charge in [-0.15, -0.1) is 0 Å². The lowest BCUT2D eigenvalue weighted by Crippen LogP contribution is -2.47. The fraction of sp³-hybridized carbons (Fsp3) is 0.349. The summed E-state index contributed by atoms with van der Waals surface area (Å²) < 4.78 is 41.3. The van der Waals surface area contributed by atoms with E-state index in [4.69, 9.17) is 21.1 Å². The molecule has 0 atom stereocenters. The van der Waals surface area contributed by atoms with Crippen LogP contribution in [0.1, 0.15) is 54.4 Å². The Labute approximate surface area is 348 Å². The number of pyridine rings is 1. The van der Waals surface area contributed by atoms with Crippen molar-refractivity contribution in [2.75, 3.05) is 62.8 Å². The van der Waals surface area contributed by atoms with Crippen LogP contribution in [0.25, 0.3) is 16.6 Å². The maximum absolute atomic E-state index is 13.9. The molecule has 0 radical (unpaired) electrons. The number of carbonyl (C=O) groups excluding carboxylic acids is 1. The van der Waals surface area contributed by atoms with Gasteiger partial charge in [-0.25, -0.2) is 18.1 Å². The second kappa shape index (κ2) is 17.4. The number of nitrogens with zero attached hydrogens (tertiary/aromatic N) is 5. The zero-order valence-corrected chi connectivity index (χ0v) is 34.3. The lowest BCUT2D eigenvalue weighted by atomic mass is 9.87. The average Bonchev–Trinajstić information content (AvgIpc) is 3.72. The van der Waals surface area contributed by atoms with Crippen molar-refractivity contribution >= 4 is 61.2 Å². The molecule has 1 aliphatic carbocycles. The molecule has 0 bridgehead atoms. The lowest BCUT2D eigenvalue weighted by Gasteiger charge is -2.37. The van der Waals surface area contributed by atoms with Gasteiger partial charge in [0.15, 0.2) is 0 Å². The minimum Gasteiger partial charge on any atom is -0.455 e. The number of aromatic amines is 1. The molecule has 308 valence electrons. The Morgan fingerprint density at radius 1 is 1.02 bits per heavy atom. The number of aromatic nitrogens is 2. The highest BCUT2D eigenvalue weighted by molar-refractivity contribution is 7.90. The number of piperazine rings is 1. The molecule has 2 aliphatic heterocycles. The summed E-state index contributed by atoms with van der Waals surface area (Å²) in [4.78, 5) is 39.0. The Bertz CT molecular complexity index is 2500. The molecular weight excluding hydrogens is 794 g/mol. The summed E-state index contributed by atoms with van der Waals surface area (Å²) in [7, 11) is -2.81. The highest BCUT2D eigenvalue weighted by Crippen LogP contribution is 2.36. The zero-order valence-electron chi connectivity index (χ0n) is 32.7. The van der Waals surface area contributed by atoms with Crippen LogP contribution < -0.4 is 19.3 Å². The number of nitro benzene ring substituents is 1. The summed E-state index contributed by atoms with van der Waals surface area (Å²) >= 11 is 6.18. The molecule has 14 nitrogen and oxygen atoms in total. The molecule has 2 saturated heterocycles. The summed E-state index contributed by atoms with van der Waals surface area (Å²) in [6.45, 7) is 5.11. The van der Waals surface area contributed by atoms with Crippen LogP contribution in [0.3, 0.4) is 0 Å². The molecule has 3 aromatic carbocycles. The van der Waals surface area contributed by atoms with Crippen LogP contribution in [0.4, 0.5) is 17.1 Å². The SMILES string of the molecule is CN(c1ccc(S(=O)(=O)NC(=O)c2ccc(N3CCN(CC4=C(c5ccc(Cl)cc5)CCCC4)CC3)cc2Oc2cnc3[nH]ccc3c2)cc1[N+](=O)[O-])C1CCOCC1. The van der Waals surface area contributed by atoms with E-state index in [1.807, 2.05) is 18.2 Å². The number of benzene rings is 3. The number of amides is 1. The number of anilines is 2. The van der Waals surface area contributed by atoms with Crippen LogP contribution >= 0.6 is 11.6 Å². The molecule has 3 aliphatic rings. The molecule has 0 spiro atoms. The van der Waals surface area contributed by atoms with Gasteiger partial charge in [-0.3, -0.25) is 19.8 Å². The monoisotopic (exact) mass is 839 g/mol. The average molecular weight is 840 g/mol. The van der Waals surface area contributed by atoms with Gasteiger partial charge >= 0.3 is 0 Å². The van der Waals surface area contributed by atoms with E-state index in [1.54, 1.807) is 42.4 Å². The number of nitro groups is 1. The molecule has 0 unspecified atom stereocenters. The van der Waals surface area contributed by atoms with Crippen molar-refractivity contribution < 1.29 is 27.6 Å². The van der Waals surface area contributed by atoms with Gasteiger partial charge in [-0.2, -0.15) is 0 Å². The third-order valence-electron chi connectivity index (χ3n) is 11.5. The molecule has 4 heterocycles. The Morgan fingerprint density at radius 2 is 1.78 bits per heavy atom. The third kappa shape index (κ3) is 9.08. The normalized spacial score (nSPS) is 16.9. The van der Waals surface area contributed by atoms with E-state index in [2.05, 4.69) is 36.6 Å². The lowest BCUT2D eigenvalue weighted by molar-refractivity contribution is -0.384. The molecule has 59 heavy (non-hydrogen) atoms. The van der Waals surface area contributed by atoms with Crippen molar-refractivity contribution in [3.8, 4) is 11.5 Å². The van der Waals surface area contributed by atoms with E-state index in [0.717, 1.165) is 67.7 Å². The number of nitrogens with one attached hydrogen (secondary N) is 2. The highest BCUT2D eigenvalue weighted by Gasteiger charge is 2.30. The van der Waals surface area contributed by atoms with Crippen LogP contribution in [-0.2, 0) is 14.8 Å². The quantitative estimate of drug-likeness (QED) is 0.0931. The first-order valence-corrected chi connectivity index (χ1v) is 21.7. The van der Waals surface area contributed by atoms with Crippen molar-refractivity contribution in [3.63, 3.8) is 0 Å². The van der Waals surface area contributed by atoms with E-state index in [-0.39, 0.29) is 28.7 Å². The van der Waals surface area contributed by atoms with Gasteiger partial charge in [-0.05, 0) is 98.2 Å². The maximum atomic E-state index is 13.9. The number of ether oxygens (including phenoxy) is 2. The van der Waals surface area contributed by atoms with Gasteiger partial charge < -0.3 is 24.3 Å². The van der Waals surface area contributed by atoms with E-state index < -0.39 is 25.7 Å². The molecule has 0 saturated carbocycles. The molecular formula is C43H46ClN7O7S. The van der Waals surface area contributed by atoms with Crippen molar-refractivity contribution in [3.05, 3.63) is 117 Å². The van der Waals surface area contributed by atoms with E-state index in [9.17, 15) is 23.3 Å². The number of hydrogen-bond acceptors (Lipinski definition) is 11. The molecule has 2 N–H and O–H groups in total. The topological polar surface area (TPSA) is 163 Å². The van der Waals surface area contributed by atoms with Crippen LogP contribution in [0, 0.1) is 10.1 Å². The molecule has 16 heteroatoms. The second-order valence-corrected chi connectivity index (χ2v) is 17.3. The van der Waals surface area contributed by atoms with Gasteiger partial charge in [0.25, 0.3) is 21.6 Å². The number of fused-ring (bicyclic) bond motifs is 1. The van der Waals surface area contributed by atoms with Gasteiger partial charge in [0.1, 0.15) is 22.8 Å². The number of rotatable bonds is 12. The predicted octanol–water partition coefficient (Wildman–Crippen LogP) is 7.80. The zero-order chi connectivity index (χ0) is 41.1. The van der Waals surface area contributed by atoms with Gasteiger partial charge in [0, 0.05) is 93.5 Å². The van der Waals surface area contributed by atoms with E-state index in [0.29, 0.717) is 37.5 Å². The Kier molecular flexibility index (Phi) is 11.9. The summed E-state index contributed by atoms with van der Waals surface area (Å²) in [5.74, 6) is -0.461. The second-order valence-electron chi connectivity index (χ2n) is 15.2.